The molecule has 0 unspecified atom stereocenters. The lowest BCUT2D eigenvalue weighted by molar-refractivity contribution is 0.483. The largest absolute Gasteiger partial charge is 0.344 e. The number of allylic oxidation sites excluding steroid dienone is 2. The molecule has 0 heterocycles. The molecule has 0 aliphatic carbocycles. The van der Waals surface area contributed by atoms with Gasteiger partial charge in [-0.15, -0.1) is 0 Å². The lowest BCUT2D eigenvalue weighted by Gasteiger charge is -2.08. The van der Waals surface area contributed by atoms with Crippen molar-refractivity contribution in [1.82, 2.24) is 0 Å². The predicted octanol–water partition coefficient (Wildman–Crippen LogP) is 1.17. The number of hydrogen-bond acceptors (Lipinski definition) is 6. The first-order valence-electron chi connectivity index (χ1n) is 4.72. The summed E-state index contributed by atoms with van der Waals surface area (Å²) in [6, 6.07) is 9.82. The first kappa shape index (κ1) is 14.2. The van der Waals surface area contributed by atoms with E-state index in [0.29, 0.717) is 0 Å². The minimum atomic E-state index is -4.49. The van der Waals surface area contributed by atoms with Crippen molar-refractivity contribution in [2.75, 3.05) is 5.32 Å². The third-order valence-electron chi connectivity index (χ3n) is 2.01. The molecule has 1 aromatic rings. The van der Waals surface area contributed by atoms with Gasteiger partial charge in [-0.05, 0) is 12.1 Å². The Bertz CT molecular complexity index is 744. The first-order chi connectivity index (χ1) is 8.93. The van der Waals surface area contributed by atoms with Gasteiger partial charge >= 0.3 is 0 Å². The monoisotopic (exact) mass is 274 g/mol. The van der Waals surface area contributed by atoms with Crippen LogP contribution in [0.25, 0.3) is 0 Å². The van der Waals surface area contributed by atoms with E-state index in [-0.39, 0.29) is 5.69 Å². The maximum Gasteiger partial charge on any atom is 0.296 e. The van der Waals surface area contributed by atoms with Crippen LogP contribution < -0.4 is 5.32 Å². The zero-order chi connectivity index (χ0) is 14.5. The van der Waals surface area contributed by atoms with E-state index >= 15 is 0 Å². The van der Waals surface area contributed by atoms with Gasteiger partial charge in [0.05, 0.1) is 5.69 Å². The molecule has 0 radical (unpaired) electrons. The number of benzene rings is 1. The molecule has 94 valence electrons. The molecular formula is C11H6N4O3S. The maximum absolute atomic E-state index is 11.1. The summed E-state index contributed by atoms with van der Waals surface area (Å²) in [4.78, 5) is -0.460. The summed E-state index contributed by atoms with van der Waals surface area (Å²) >= 11 is 0. The molecule has 0 amide bonds. The Kier molecular flexibility index (Phi) is 4.23. The van der Waals surface area contributed by atoms with Crippen molar-refractivity contribution in [2.45, 2.75) is 4.90 Å². The molecule has 2 N–H and O–H groups in total. The third-order valence-corrected chi connectivity index (χ3v) is 2.92. The van der Waals surface area contributed by atoms with Crippen LogP contribution in [0.5, 0.6) is 0 Å². The predicted molar refractivity (Wildman–Crippen MR) is 63.7 cm³/mol. The molecule has 0 spiro atoms. The van der Waals surface area contributed by atoms with Crippen LogP contribution in [0.2, 0.25) is 0 Å². The van der Waals surface area contributed by atoms with Crippen molar-refractivity contribution in [3.63, 3.8) is 0 Å². The summed E-state index contributed by atoms with van der Waals surface area (Å²) in [7, 11) is -4.49. The molecule has 0 atom stereocenters. The Labute approximate surface area is 109 Å². The molecule has 0 aliphatic heterocycles. The number of nitriles is 3. The molecule has 0 saturated heterocycles. The van der Waals surface area contributed by atoms with Gasteiger partial charge in [0, 0.05) is 0 Å². The number of anilines is 1. The Balaban J connectivity index is 3.38. The lowest BCUT2D eigenvalue weighted by Crippen LogP contribution is -2.07. The molecule has 0 aliphatic rings. The number of nitrogens with zero attached hydrogens (tertiary/aromatic N) is 3. The zero-order valence-electron chi connectivity index (χ0n) is 9.32. The van der Waals surface area contributed by atoms with Crippen LogP contribution in [-0.4, -0.2) is 13.0 Å². The van der Waals surface area contributed by atoms with E-state index < -0.39 is 26.3 Å². The first-order valence-corrected chi connectivity index (χ1v) is 6.16. The van der Waals surface area contributed by atoms with Crippen molar-refractivity contribution in [3.8, 4) is 18.2 Å². The molecule has 19 heavy (non-hydrogen) atoms. The van der Waals surface area contributed by atoms with Crippen LogP contribution in [0.15, 0.2) is 40.4 Å². The molecule has 8 heteroatoms. The van der Waals surface area contributed by atoms with Gasteiger partial charge < -0.3 is 5.32 Å². The fraction of sp³-hybridized carbons (Fsp3) is 0. The van der Waals surface area contributed by atoms with E-state index in [1.807, 2.05) is 0 Å². The summed E-state index contributed by atoms with van der Waals surface area (Å²) in [5.74, 6) is 0. The van der Waals surface area contributed by atoms with Crippen molar-refractivity contribution >= 4 is 15.8 Å². The van der Waals surface area contributed by atoms with Gasteiger partial charge in [0.1, 0.15) is 28.8 Å². The summed E-state index contributed by atoms with van der Waals surface area (Å²) in [5.41, 5.74) is -1.00. The zero-order valence-corrected chi connectivity index (χ0v) is 10.1. The number of hydrogen-bond donors (Lipinski definition) is 2. The topological polar surface area (TPSA) is 138 Å². The maximum atomic E-state index is 11.1. The molecule has 0 fully saturated rings. The van der Waals surface area contributed by atoms with Gasteiger partial charge in [-0.1, -0.05) is 12.1 Å². The van der Waals surface area contributed by atoms with Gasteiger partial charge in [0.15, 0.2) is 5.57 Å². The fourth-order valence-electron chi connectivity index (χ4n) is 1.21. The molecule has 0 aromatic heterocycles. The third kappa shape index (κ3) is 3.30. The average Bonchev–Trinajstić information content (AvgIpc) is 2.38. The molecule has 0 saturated carbocycles. The van der Waals surface area contributed by atoms with Crippen molar-refractivity contribution in [2.24, 2.45) is 0 Å². The molecule has 1 aromatic carbocycles. The average molecular weight is 274 g/mol. The SMILES string of the molecule is N#CC(C#N)=C(C#N)Nc1ccccc1S(=O)(=O)O. The van der Waals surface area contributed by atoms with E-state index in [0.717, 1.165) is 6.07 Å². The van der Waals surface area contributed by atoms with Crippen LogP contribution in [0.1, 0.15) is 0 Å². The fourth-order valence-corrected chi connectivity index (χ4v) is 1.86. The summed E-state index contributed by atoms with van der Waals surface area (Å²) < 4.78 is 31.2. The van der Waals surface area contributed by atoms with Crippen molar-refractivity contribution < 1.29 is 13.0 Å². The minimum absolute atomic E-state index is 0.107. The van der Waals surface area contributed by atoms with E-state index in [4.69, 9.17) is 20.3 Å². The van der Waals surface area contributed by atoms with Crippen LogP contribution in [-0.2, 0) is 10.1 Å². The summed E-state index contributed by atoms with van der Waals surface area (Å²) in [6.07, 6.45) is 0. The van der Waals surface area contributed by atoms with Gasteiger partial charge in [0.2, 0.25) is 0 Å². The van der Waals surface area contributed by atoms with Crippen molar-refractivity contribution in [1.29, 1.82) is 15.8 Å². The highest BCUT2D eigenvalue weighted by Crippen LogP contribution is 2.22. The quantitative estimate of drug-likeness (QED) is 0.623. The van der Waals surface area contributed by atoms with Crippen LogP contribution in [0, 0.1) is 34.0 Å². The van der Waals surface area contributed by atoms with Crippen LogP contribution in [0.4, 0.5) is 5.69 Å². The highest BCUT2D eigenvalue weighted by molar-refractivity contribution is 7.86. The Hall–Kier alpha value is -2.86. The molecule has 0 bridgehead atoms. The second-order valence-electron chi connectivity index (χ2n) is 3.18. The Morgan fingerprint density at radius 3 is 2.16 bits per heavy atom. The van der Waals surface area contributed by atoms with Crippen LogP contribution in [0.3, 0.4) is 0 Å². The van der Waals surface area contributed by atoms with Gasteiger partial charge in [0.25, 0.3) is 10.1 Å². The van der Waals surface area contributed by atoms with Crippen LogP contribution >= 0.6 is 0 Å². The molecular weight excluding hydrogens is 268 g/mol. The summed E-state index contributed by atoms with van der Waals surface area (Å²) in [5, 5.41) is 28.5. The van der Waals surface area contributed by atoms with E-state index in [9.17, 15) is 8.42 Å². The second-order valence-corrected chi connectivity index (χ2v) is 4.57. The Morgan fingerprint density at radius 1 is 1.11 bits per heavy atom. The van der Waals surface area contributed by atoms with Gasteiger partial charge in [-0.2, -0.15) is 24.2 Å². The smallest absolute Gasteiger partial charge is 0.296 e. The van der Waals surface area contributed by atoms with Crippen molar-refractivity contribution in [3.05, 3.63) is 35.5 Å². The van der Waals surface area contributed by atoms with E-state index in [1.165, 1.54) is 30.3 Å². The number of nitrogens with one attached hydrogen (secondary N) is 1. The molecule has 1 rings (SSSR count). The van der Waals surface area contributed by atoms with Gasteiger partial charge in [-0.3, -0.25) is 4.55 Å². The van der Waals surface area contributed by atoms with Gasteiger partial charge in [-0.25, -0.2) is 0 Å². The normalized spacial score (nSPS) is 9.58. The summed E-state index contributed by atoms with van der Waals surface area (Å²) in [6.45, 7) is 0. The second kappa shape index (κ2) is 5.65. The minimum Gasteiger partial charge on any atom is -0.344 e. The van der Waals surface area contributed by atoms with E-state index in [1.54, 1.807) is 6.07 Å². The highest BCUT2D eigenvalue weighted by Gasteiger charge is 2.16. The lowest BCUT2D eigenvalue weighted by atomic mass is 10.2. The Morgan fingerprint density at radius 2 is 1.68 bits per heavy atom. The highest BCUT2D eigenvalue weighted by atomic mass is 32.2. The molecule has 7 nitrogen and oxygen atoms in total. The van der Waals surface area contributed by atoms with E-state index in [2.05, 4.69) is 5.32 Å². The number of rotatable bonds is 3. The standard InChI is InChI=1S/C11H6N4O3S/c12-5-8(6-13)10(7-14)15-9-3-1-2-4-11(9)19(16,17)18/h1-4,15H,(H,16,17,18). The number of para-hydroxylation sites is 1.